The monoisotopic (exact) mass is 333 g/mol. The minimum absolute atomic E-state index is 0.353. The van der Waals surface area contributed by atoms with Gasteiger partial charge in [0, 0.05) is 15.7 Å². The van der Waals surface area contributed by atoms with Gasteiger partial charge in [-0.2, -0.15) is 0 Å². The number of fused-ring (bicyclic) bond motifs is 1. The van der Waals surface area contributed by atoms with Crippen LogP contribution in [0, 0.1) is 0 Å². The molecule has 2 atom stereocenters. The zero-order valence-corrected chi connectivity index (χ0v) is 14.4. The van der Waals surface area contributed by atoms with Gasteiger partial charge < -0.3 is 5.73 Å². The highest BCUT2D eigenvalue weighted by atomic mass is 32.2. The first-order chi connectivity index (χ1) is 10.4. The molecule has 0 fully saturated rings. The fourth-order valence-electron chi connectivity index (χ4n) is 2.46. The van der Waals surface area contributed by atoms with Crippen molar-refractivity contribution in [2.75, 3.05) is 0 Å². The first-order valence-corrected chi connectivity index (χ1v) is 8.86. The topological polar surface area (TPSA) is 89.1 Å². The van der Waals surface area contributed by atoms with Gasteiger partial charge in [-0.25, -0.2) is 9.98 Å². The Balaban J connectivity index is 1.99. The fourth-order valence-corrected chi connectivity index (χ4v) is 4.19. The first kappa shape index (κ1) is 15.7. The Labute approximate surface area is 138 Å². The summed E-state index contributed by atoms with van der Waals surface area (Å²) < 4.78 is 0. The van der Waals surface area contributed by atoms with Gasteiger partial charge in [0.05, 0.1) is 0 Å². The molecule has 4 N–H and O–H groups in total. The average molecular weight is 333 g/mol. The van der Waals surface area contributed by atoms with Crippen LogP contribution in [0.15, 0.2) is 44.1 Å². The molecule has 1 aromatic carbocycles. The van der Waals surface area contributed by atoms with Crippen LogP contribution in [-0.4, -0.2) is 27.3 Å². The average Bonchev–Trinajstić information content (AvgIpc) is 2.80. The molecule has 116 valence electrons. The number of amidine groups is 1. The molecule has 1 aromatic rings. The Morgan fingerprint density at radius 3 is 2.59 bits per heavy atom. The molecule has 2 aliphatic heterocycles. The molecule has 0 aromatic heterocycles. The quantitative estimate of drug-likeness (QED) is 0.832. The second-order valence-electron chi connectivity index (χ2n) is 5.52. The molecule has 0 radical (unpaired) electrons. The normalized spacial score (nSPS) is 27.4. The molecular weight excluding hydrogens is 314 g/mol. The molecule has 0 spiro atoms. The highest BCUT2D eigenvalue weighted by molar-refractivity contribution is 8.16. The first-order valence-electron chi connectivity index (χ1n) is 7.10. The molecule has 7 heteroatoms. The highest BCUT2D eigenvalue weighted by Crippen LogP contribution is 2.35. The van der Waals surface area contributed by atoms with E-state index in [2.05, 4.69) is 41.0 Å². The standard InChI is InChI=1S/C15H19N5S2/c1-8(2)21-11-6-4-10(5-7-11)15(17)12-13(18-9(3)20-15)22-14(16)19-12/h4-8,14H,16-17H2,1-3H3. The Morgan fingerprint density at radius 2 is 1.95 bits per heavy atom. The van der Waals surface area contributed by atoms with Crippen LogP contribution in [0.2, 0.25) is 0 Å². The zero-order valence-electron chi connectivity index (χ0n) is 12.8. The second-order valence-corrected chi connectivity index (χ2v) is 8.27. The van der Waals surface area contributed by atoms with Gasteiger partial charge >= 0.3 is 0 Å². The van der Waals surface area contributed by atoms with E-state index in [0.717, 1.165) is 10.6 Å². The van der Waals surface area contributed by atoms with Crippen LogP contribution in [0.5, 0.6) is 0 Å². The van der Waals surface area contributed by atoms with Crippen molar-refractivity contribution in [2.24, 2.45) is 26.4 Å². The third-order valence-corrected chi connectivity index (χ3v) is 5.19. The third kappa shape index (κ3) is 2.86. The summed E-state index contributed by atoms with van der Waals surface area (Å²) >= 11 is 3.24. The van der Waals surface area contributed by atoms with Gasteiger partial charge in [0.2, 0.25) is 0 Å². The summed E-state index contributed by atoms with van der Waals surface area (Å²) in [5.41, 5.74) is 12.7. The van der Waals surface area contributed by atoms with Gasteiger partial charge in [0.15, 0.2) is 11.2 Å². The van der Waals surface area contributed by atoms with Crippen molar-refractivity contribution in [1.29, 1.82) is 0 Å². The molecule has 2 heterocycles. The van der Waals surface area contributed by atoms with Crippen LogP contribution in [0.3, 0.4) is 0 Å². The maximum Gasteiger partial charge on any atom is 0.181 e. The van der Waals surface area contributed by atoms with Crippen LogP contribution in [0.25, 0.3) is 0 Å². The lowest BCUT2D eigenvalue weighted by Crippen LogP contribution is -2.47. The molecule has 2 unspecified atom stereocenters. The summed E-state index contributed by atoms with van der Waals surface area (Å²) in [7, 11) is 0. The molecule has 3 rings (SSSR count). The van der Waals surface area contributed by atoms with Gasteiger partial charge in [0.1, 0.15) is 16.6 Å². The van der Waals surface area contributed by atoms with Crippen molar-refractivity contribution in [3.8, 4) is 0 Å². The number of hydrogen-bond donors (Lipinski definition) is 2. The number of nitrogens with zero attached hydrogens (tertiary/aromatic N) is 3. The Morgan fingerprint density at radius 1 is 1.27 bits per heavy atom. The number of nitrogens with two attached hydrogens (primary N) is 2. The molecule has 5 nitrogen and oxygen atoms in total. The maximum absolute atomic E-state index is 6.59. The van der Waals surface area contributed by atoms with Crippen molar-refractivity contribution in [3.63, 3.8) is 0 Å². The molecule has 0 saturated heterocycles. The lowest BCUT2D eigenvalue weighted by Gasteiger charge is -2.29. The number of hydrogen-bond acceptors (Lipinski definition) is 7. The Kier molecular flexibility index (Phi) is 4.15. The molecule has 0 saturated carbocycles. The maximum atomic E-state index is 6.59. The van der Waals surface area contributed by atoms with Gasteiger partial charge in [-0.15, -0.1) is 11.8 Å². The van der Waals surface area contributed by atoms with Crippen molar-refractivity contribution in [1.82, 2.24) is 0 Å². The van der Waals surface area contributed by atoms with Crippen molar-refractivity contribution < 1.29 is 0 Å². The zero-order chi connectivity index (χ0) is 15.9. The predicted octanol–water partition coefficient (Wildman–Crippen LogP) is 2.56. The van der Waals surface area contributed by atoms with Crippen LogP contribution < -0.4 is 11.5 Å². The number of thioether (sulfide) groups is 2. The van der Waals surface area contributed by atoms with E-state index in [4.69, 9.17) is 11.5 Å². The van der Waals surface area contributed by atoms with Crippen LogP contribution in [0.1, 0.15) is 26.3 Å². The van der Waals surface area contributed by atoms with E-state index in [9.17, 15) is 0 Å². The van der Waals surface area contributed by atoms with E-state index >= 15 is 0 Å². The number of rotatable bonds is 3. The number of benzene rings is 1. The Bertz CT molecular complexity index is 678. The van der Waals surface area contributed by atoms with E-state index in [1.165, 1.54) is 16.7 Å². The van der Waals surface area contributed by atoms with Gasteiger partial charge in [-0.05, 0) is 19.1 Å². The molecular formula is C15H19N5S2. The molecule has 0 amide bonds. The number of aliphatic imine (C=N–C) groups is 3. The third-order valence-electron chi connectivity index (χ3n) is 3.32. The summed E-state index contributed by atoms with van der Waals surface area (Å²) in [6, 6.07) is 8.18. The van der Waals surface area contributed by atoms with Crippen LogP contribution >= 0.6 is 23.5 Å². The highest BCUT2D eigenvalue weighted by Gasteiger charge is 2.42. The van der Waals surface area contributed by atoms with Crippen LogP contribution in [0.4, 0.5) is 0 Å². The SMILES string of the molecule is CC1=NC(N)(c2ccc(SC(C)C)cc2)C2=NC(N)SC2=N1. The smallest absolute Gasteiger partial charge is 0.181 e. The summed E-state index contributed by atoms with van der Waals surface area (Å²) in [6.07, 6.45) is 0. The van der Waals surface area contributed by atoms with Crippen molar-refractivity contribution >= 4 is 40.1 Å². The van der Waals surface area contributed by atoms with E-state index in [0.29, 0.717) is 16.8 Å². The minimum atomic E-state index is -0.997. The fraction of sp³-hybridized carbons (Fsp3) is 0.400. The molecule has 0 bridgehead atoms. The Hall–Kier alpha value is -1.15. The molecule has 0 aliphatic carbocycles. The summed E-state index contributed by atoms with van der Waals surface area (Å²) in [5.74, 6) is 0.652. The van der Waals surface area contributed by atoms with Gasteiger partial charge in [-0.1, -0.05) is 37.7 Å². The minimum Gasteiger partial charge on any atom is -0.301 e. The lowest BCUT2D eigenvalue weighted by atomic mass is 9.95. The lowest BCUT2D eigenvalue weighted by molar-refractivity contribution is 0.639. The largest absolute Gasteiger partial charge is 0.301 e. The van der Waals surface area contributed by atoms with E-state index in [1.54, 1.807) is 0 Å². The van der Waals surface area contributed by atoms with Crippen molar-refractivity contribution in [2.45, 2.75) is 42.1 Å². The van der Waals surface area contributed by atoms with Gasteiger partial charge in [-0.3, -0.25) is 10.7 Å². The second kappa shape index (κ2) is 5.81. The molecule has 2 aliphatic rings. The summed E-state index contributed by atoms with van der Waals surface area (Å²) in [5, 5.41) is 1.32. The molecule has 22 heavy (non-hydrogen) atoms. The van der Waals surface area contributed by atoms with E-state index in [-0.39, 0.29) is 5.50 Å². The van der Waals surface area contributed by atoms with Gasteiger partial charge in [0.25, 0.3) is 0 Å². The van der Waals surface area contributed by atoms with E-state index < -0.39 is 5.66 Å². The summed E-state index contributed by atoms with van der Waals surface area (Å²) in [6.45, 7) is 6.19. The predicted molar refractivity (Wildman–Crippen MR) is 96.8 cm³/mol. The summed E-state index contributed by atoms with van der Waals surface area (Å²) in [4.78, 5) is 14.6. The van der Waals surface area contributed by atoms with E-state index in [1.807, 2.05) is 30.8 Å². The van der Waals surface area contributed by atoms with Crippen molar-refractivity contribution in [3.05, 3.63) is 29.8 Å². The van der Waals surface area contributed by atoms with Crippen LogP contribution in [-0.2, 0) is 5.66 Å².